The minimum absolute atomic E-state index is 0.180. The number of carbonyl (C=O) groups is 3. The Morgan fingerprint density at radius 2 is 1.74 bits per heavy atom. The van der Waals surface area contributed by atoms with Crippen LogP contribution >= 0.6 is 0 Å². The first-order valence-corrected chi connectivity index (χ1v) is 9.28. The summed E-state index contributed by atoms with van der Waals surface area (Å²) in [5.74, 6) is -1.14. The Morgan fingerprint density at radius 1 is 1.15 bits per heavy atom. The second-order valence-electron chi connectivity index (χ2n) is 8.31. The van der Waals surface area contributed by atoms with E-state index < -0.39 is 35.7 Å². The topological polar surface area (TPSA) is 72.9 Å². The standard InChI is InChI=1S/C21H29NO5/c1-13(2)12-16(20(25)27-21(4,5)6)22-17(15-10-8-7-9-11-15)18(19(22)24)26-14(3)23/h7-11,13,16-18H,12H2,1-6H3/t16-,17-,18+/m0/s1. The van der Waals surface area contributed by atoms with Crippen molar-refractivity contribution in [1.82, 2.24) is 4.90 Å². The van der Waals surface area contributed by atoms with E-state index in [2.05, 4.69) is 0 Å². The smallest absolute Gasteiger partial charge is 0.329 e. The minimum Gasteiger partial charge on any atom is -0.458 e. The zero-order chi connectivity index (χ0) is 20.4. The predicted molar refractivity (Wildman–Crippen MR) is 101 cm³/mol. The van der Waals surface area contributed by atoms with Gasteiger partial charge in [-0.05, 0) is 38.7 Å². The number of nitrogens with zero attached hydrogens (tertiary/aromatic N) is 1. The number of esters is 2. The lowest BCUT2D eigenvalue weighted by atomic mass is 9.86. The summed E-state index contributed by atoms with van der Waals surface area (Å²) in [5, 5.41) is 0. The number of benzene rings is 1. The molecular formula is C21H29NO5. The first-order valence-electron chi connectivity index (χ1n) is 9.28. The quantitative estimate of drug-likeness (QED) is 0.564. The molecule has 0 unspecified atom stereocenters. The van der Waals surface area contributed by atoms with Gasteiger partial charge in [0.1, 0.15) is 17.7 Å². The molecule has 0 spiro atoms. The van der Waals surface area contributed by atoms with Crippen molar-refractivity contribution in [3.05, 3.63) is 35.9 Å². The van der Waals surface area contributed by atoms with E-state index >= 15 is 0 Å². The van der Waals surface area contributed by atoms with Crippen LogP contribution < -0.4 is 0 Å². The van der Waals surface area contributed by atoms with Crippen LogP contribution in [0.1, 0.15) is 59.6 Å². The molecule has 1 heterocycles. The lowest BCUT2D eigenvalue weighted by molar-refractivity contribution is -0.194. The molecule has 6 heteroatoms. The molecule has 1 amide bonds. The third-order valence-corrected chi connectivity index (χ3v) is 4.23. The summed E-state index contributed by atoms with van der Waals surface area (Å²) in [6.07, 6.45) is -0.446. The predicted octanol–water partition coefficient (Wildman–Crippen LogP) is 3.26. The molecule has 6 nitrogen and oxygen atoms in total. The molecule has 148 valence electrons. The molecule has 1 aliphatic heterocycles. The lowest BCUT2D eigenvalue weighted by Gasteiger charge is -2.49. The minimum atomic E-state index is -0.915. The molecular weight excluding hydrogens is 346 g/mol. The highest BCUT2D eigenvalue weighted by atomic mass is 16.6. The summed E-state index contributed by atoms with van der Waals surface area (Å²) >= 11 is 0. The molecule has 27 heavy (non-hydrogen) atoms. The fourth-order valence-corrected chi connectivity index (χ4v) is 3.25. The molecule has 0 aliphatic carbocycles. The van der Waals surface area contributed by atoms with Gasteiger partial charge in [-0.1, -0.05) is 44.2 Å². The average molecular weight is 375 g/mol. The van der Waals surface area contributed by atoms with Crippen LogP contribution in [-0.2, 0) is 23.9 Å². The van der Waals surface area contributed by atoms with Gasteiger partial charge in [-0.3, -0.25) is 9.59 Å². The van der Waals surface area contributed by atoms with E-state index in [9.17, 15) is 14.4 Å². The van der Waals surface area contributed by atoms with E-state index in [1.807, 2.05) is 44.2 Å². The van der Waals surface area contributed by atoms with Gasteiger partial charge in [0.25, 0.3) is 5.91 Å². The number of β-lactam (4-membered cyclic amide) rings is 1. The molecule has 0 N–H and O–H groups in total. The van der Waals surface area contributed by atoms with Crippen molar-refractivity contribution in [2.75, 3.05) is 0 Å². The number of amides is 1. The highest BCUT2D eigenvalue weighted by Gasteiger charge is 2.55. The van der Waals surface area contributed by atoms with Crippen LogP contribution in [0.4, 0.5) is 0 Å². The van der Waals surface area contributed by atoms with Gasteiger partial charge in [-0.2, -0.15) is 0 Å². The van der Waals surface area contributed by atoms with Crippen LogP contribution in [0.3, 0.4) is 0 Å². The number of rotatable bonds is 6. The number of hydrogen-bond donors (Lipinski definition) is 0. The first kappa shape index (κ1) is 20.9. The van der Waals surface area contributed by atoms with E-state index in [0.29, 0.717) is 6.42 Å². The Hall–Kier alpha value is -2.37. The fraction of sp³-hybridized carbons (Fsp3) is 0.571. The van der Waals surface area contributed by atoms with E-state index in [1.54, 1.807) is 20.8 Å². The van der Waals surface area contributed by atoms with Gasteiger partial charge in [0.2, 0.25) is 6.10 Å². The second kappa shape index (κ2) is 8.11. The highest BCUT2D eigenvalue weighted by Crippen LogP contribution is 2.40. The van der Waals surface area contributed by atoms with Crippen LogP contribution in [0.25, 0.3) is 0 Å². The average Bonchev–Trinajstić information content (AvgIpc) is 2.54. The Labute approximate surface area is 160 Å². The third-order valence-electron chi connectivity index (χ3n) is 4.23. The van der Waals surface area contributed by atoms with Gasteiger partial charge in [-0.15, -0.1) is 0 Å². The molecule has 1 aliphatic rings. The van der Waals surface area contributed by atoms with Crippen molar-refractivity contribution < 1.29 is 23.9 Å². The molecule has 2 rings (SSSR count). The Kier molecular flexibility index (Phi) is 6.29. The SMILES string of the molecule is CC(=O)O[C@H]1C(=O)N([C@@H](CC(C)C)C(=O)OC(C)(C)C)[C@H]1c1ccccc1. The van der Waals surface area contributed by atoms with E-state index in [1.165, 1.54) is 11.8 Å². The van der Waals surface area contributed by atoms with Crippen LogP contribution in [0.15, 0.2) is 30.3 Å². The summed E-state index contributed by atoms with van der Waals surface area (Å²) in [6, 6.07) is 8.07. The van der Waals surface area contributed by atoms with Crippen molar-refractivity contribution in [3.63, 3.8) is 0 Å². The first-order chi connectivity index (χ1) is 12.5. The van der Waals surface area contributed by atoms with Gasteiger partial charge >= 0.3 is 11.9 Å². The van der Waals surface area contributed by atoms with Crippen molar-refractivity contribution in [2.45, 2.75) is 71.8 Å². The second-order valence-corrected chi connectivity index (χ2v) is 8.31. The summed E-state index contributed by atoms with van der Waals surface area (Å²) < 4.78 is 10.8. The Bertz CT molecular complexity index is 692. The maximum Gasteiger partial charge on any atom is 0.329 e. The van der Waals surface area contributed by atoms with Gasteiger partial charge in [-0.25, -0.2) is 4.79 Å². The summed E-state index contributed by atoms with van der Waals surface area (Å²) in [4.78, 5) is 38.6. The molecule has 0 saturated carbocycles. The number of hydrogen-bond acceptors (Lipinski definition) is 5. The molecule has 1 saturated heterocycles. The fourth-order valence-electron chi connectivity index (χ4n) is 3.25. The van der Waals surface area contributed by atoms with Crippen molar-refractivity contribution in [3.8, 4) is 0 Å². The molecule has 3 atom stereocenters. The van der Waals surface area contributed by atoms with Gasteiger partial charge in [0, 0.05) is 6.92 Å². The summed E-state index contributed by atoms with van der Waals surface area (Å²) in [6.45, 7) is 10.6. The van der Waals surface area contributed by atoms with Crippen LogP contribution in [0.2, 0.25) is 0 Å². The van der Waals surface area contributed by atoms with Crippen LogP contribution in [0.5, 0.6) is 0 Å². The van der Waals surface area contributed by atoms with Crippen molar-refractivity contribution in [1.29, 1.82) is 0 Å². The van der Waals surface area contributed by atoms with Crippen LogP contribution in [0, 0.1) is 5.92 Å². The molecule has 0 radical (unpaired) electrons. The number of carbonyl (C=O) groups excluding carboxylic acids is 3. The molecule has 0 aromatic heterocycles. The van der Waals surface area contributed by atoms with Crippen LogP contribution in [-0.4, -0.2) is 40.5 Å². The van der Waals surface area contributed by atoms with Gasteiger partial charge < -0.3 is 14.4 Å². The monoisotopic (exact) mass is 375 g/mol. The molecule has 1 aromatic rings. The zero-order valence-electron chi connectivity index (χ0n) is 16.9. The summed E-state index contributed by atoms with van der Waals surface area (Å²) in [5.41, 5.74) is 0.165. The highest BCUT2D eigenvalue weighted by molar-refractivity contribution is 5.94. The lowest BCUT2D eigenvalue weighted by Crippen LogP contribution is -2.65. The van der Waals surface area contributed by atoms with E-state index in [0.717, 1.165) is 5.56 Å². The molecule has 1 aromatic carbocycles. The molecule has 0 bridgehead atoms. The van der Waals surface area contributed by atoms with Crippen molar-refractivity contribution >= 4 is 17.8 Å². The van der Waals surface area contributed by atoms with Gasteiger partial charge in [0.05, 0.1) is 0 Å². The van der Waals surface area contributed by atoms with E-state index in [-0.39, 0.29) is 11.8 Å². The third kappa shape index (κ3) is 5.08. The Balaban J connectivity index is 2.37. The van der Waals surface area contributed by atoms with Gasteiger partial charge in [0.15, 0.2) is 0 Å². The van der Waals surface area contributed by atoms with Crippen molar-refractivity contribution in [2.24, 2.45) is 5.92 Å². The maximum atomic E-state index is 12.9. The maximum absolute atomic E-state index is 12.9. The molecule has 1 fully saturated rings. The normalized spacial score (nSPS) is 20.9. The largest absolute Gasteiger partial charge is 0.458 e. The Morgan fingerprint density at radius 3 is 2.22 bits per heavy atom. The number of ether oxygens (including phenoxy) is 2. The number of likely N-dealkylation sites (tertiary alicyclic amines) is 1. The van der Waals surface area contributed by atoms with E-state index in [4.69, 9.17) is 9.47 Å². The zero-order valence-corrected chi connectivity index (χ0v) is 16.9. The summed E-state index contributed by atoms with van der Waals surface area (Å²) in [7, 11) is 0.